The molecule has 2 fully saturated rings. The van der Waals surface area contributed by atoms with Crippen LogP contribution in [0.25, 0.3) is 0 Å². The predicted molar refractivity (Wildman–Crippen MR) is 101 cm³/mol. The number of carbonyl (C=O) groups excluding carboxylic acids is 1. The highest BCUT2D eigenvalue weighted by Crippen LogP contribution is 2.30. The number of ether oxygens (including phenoxy) is 1. The van der Waals surface area contributed by atoms with E-state index in [-0.39, 0.29) is 6.03 Å². The Morgan fingerprint density at radius 3 is 2.57 bits per heavy atom. The molecule has 2 aliphatic rings. The molecule has 2 heterocycles. The van der Waals surface area contributed by atoms with Crippen molar-refractivity contribution in [2.24, 2.45) is 11.3 Å². The number of nitrogens with zero attached hydrogens (tertiary/aromatic N) is 1. The van der Waals surface area contributed by atoms with Crippen molar-refractivity contribution in [3.8, 4) is 0 Å². The molecule has 1 aromatic rings. The third kappa shape index (κ3) is 5.40. The molecular formula is C21H29F3N2O2. The fraction of sp³-hybridized carbons (Fsp3) is 0.667. The smallest absolute Gasteiger partial charge is 0.317 e. The lowest BCUT2D eigenvalue weighted by Gasteiger charge is -2.36. The quantitative estimate of drug-likeness (QED) is 0.784. The number of carbonyl (C=O) groups is 1. The first-order valence-corrected chi connectivity index (χ1v) is 10.1. The molecule has 156 valence electrons. The number of rotatable bonds is 6. The second kappa shape index (κ2) is 9.63. The van der Waals surface area contributed by atoms with Gasteiger partial charge in [0, 0.05) is 44.3 Å². The average molecular weight is 398 g/mol. The molecule has 2 amide bonds. The zero-order valence-corrected chi connectivity index (χ0v) is 16.2. The van der Waals surface area contributed by atoms with Gasteiger partial charge in [0.25, 0.3) is 0 Å². The van der Waals surface area contributed by atoms with E-state index in [1.807, 2.05) is 0 Å². The van der Waals surface area contributed by atoms with Gasteiger partial charge < -0.3 is 15.0 Å². The van der Waals surface area contributed by atoms with Crippen molar-refractivity contribution >= 4 is 6.03 Å². The number of hydrogen-bond donors (Lipinski definition) is 1. The lowest BCUT2D eigenvalue weighted by molar-refractivity contribution is 0.00293. The fourth-order valence-electron chi connectivity index (χ4n) is 4.05. The van der Waals surface area contributed by atoms with Crippen LogP contribution in [0.4, 0.5) is 18.0 Å². The van der Waals surface area contributed by atoms with Gasteiger partial charge in [-0.05, 0) is 56.1 Å². The van der Waals surface area contributed by atoms with Crippen LogP contribution in [0.15, 0.2) is 18.2 Å². The number of hydrogen-bond acceptors (Lipinski definition) is 2. The minimum absolute atomic E-state index is 0.137. The van der Waals surface area contributed by atoms with Gasteiger partial charge in [-0.1, -0.05) is 6.07 Å². The molecule has 1 N–H and O–H groups in total. The third-order valence-electron chi connectivity index (χ3n) is 6.19. The van der Waals surface area contributed by atoms with E-state index in [2.05, 4.69) is 5.32 Å². The van der Waals surface area contributed by atoms with Gasteiger partial charge in [-0.15, -0.1) is 0 Å². The zero-order chi connectivity index (χ0) is 20.0. The van der Waals surface area contributed by atoms with Crippen molar-refractivity contribution in [1.82, 2.24) is 10.2 Å². The van der Waals surface area contributed by atoms with Crippen LogP contribution in [-0.4, -0.2) is 50.5 Å². The monoisotopic (exact) mass is 398 g/mol. The lowest BCUT2D eigenvalue weighted by Crippen LogP contribution is -2.49. The van der Waals surface area contributed by atoms with E-state index in [0.29, 0.717) is 63.6 Å². The summed E-state index contributed by atoms with van der Waals surface area (Å²) in [5, 5.41) is 2.91. The average Bonchev–Trinajstić information content (AvgIpc) is 2.72. The molecule has 0 saturated carbocycles. The second-order valence-electron chi connectivity index (χ2n) is 8.11. The molecule has 3 rings (SSSR count). The molecule has 28 heavy (non-hydrogen) atoms. The molecule has 7 heteroatoms. The van der Waals surface area contributed by atoms with Gasteiger partial charge in [0.2, 0.25) is 0 Å². The Bertz CT molecular complexity index is 657. The molecule has 0 atom stereocenters. The number of nitrogens with one attached hydrogen (secondary N) is 1. The van der Waals surface area contributed by atoms with E-state index in [4.69, 9.17) is 4.74 Å². The Hall–Kier alpha value is -1.76. The summed E-state index contributed by atoms with van der Waals surface area (Å²) in [6.45, 7) is 2.27. The van der Waals surface area contributed by atoms with E-state index >= 15 is 0 Å². The molecule has 2 aliphatic heterocycles. The number of amides is 2. The summed E-state index contributed by atoms with van der Waals surface area (Å²) in [7, 11) is 0. The van der Waals surface area contributed by atoms with E-state index in [0.717, 1.165) is 25.3 Å². The Morgan fingerprint density at radius 1 is 1.21 bits per heavy atom. The van der Waals surface area contributed by atoms with Crippen LogP contribution >= 0.6 is 0 Å². The highest BCUT2D eigenvalue weighted by Gasteiger charge is 2.34. The normalized spacial score (nSPS) is 20.2. The van der Waals surface area contributed by atoms with Crippen LogP contribution < -0.4 is 5.32 Å². The molecule has 4 nitrogen and oxygen atoms in total. The summed E-state index contributed by atoms with van der Waals surface area (Å²) >= 11 is 0. The first-order chi connectivity index (χ1) is 13.5. The van der Waals surface area contributed by atoms with E-state index in [9.17, 15) is 18.0 Å². The van der Waals surface area contributed by atoms with Gasteiger partial charge in [-0.2, -0.15) is 0 Å². The number of urea groups is 1. The fourth-order valence-corrected chi connectivity index (χ4v) is 4.05. The first kappa shape index (κ1) is 21.0. The molecule has 0 spiro atoms. The van der Waals surface area contributed by atoms with Gasteiger partial charge in [0.05, 0.1) is 6.67 Å². The minimum atomic E-state index is -0.559. The Labute approximate surface area is 164 Å². The maximum atomic E-state index is 13.7. The van der Waals surface area contributed by atoms with Crippen molar-refractivity contribution in [2.75, 3.05) is 39.5 Å². The van der Waals surface area contributed by atoms with Crippen molar-refractivity contribution in [2.45, 2.75) is 38.5 Å². The molecular weight excluding hydrogens is 369 g/mol. The van der Waals surface area contributed by atoms with Crippen LogP contribution in [-0.2, 0) is 11.2 Å². The van der Waals surface area contributed by atoms with Crippen molar-refractivity contribution in [3.05, 3.63) is 35.4 Å². The van der Waals surface area contributed by atoms with Gasteiger partial charge in [0.1, 0.15) is 11.6 Å². The number of halogens is 3. The van der Waals surface area contributed by atoms with Crippen LogP contribution in [0.5, 0.6) is 0 Å². The second-order valence-corrected chi connectivity index (χ2v) is 8.11. The predicted octanol–water partition coefficient (Wildman–Crippen LogP) is 4.09. The topological polar surface area (TPSA) is 41.6 Å². The van der Waals surface area contributed by atoms with E-state index in [1.54, 1.807) is 4.90 Å². The molecule has 0 bridgehead atoms. The highest BCUT2D eigenvalue weighted by atomic mass is 19.1. The summed E-state index contributed by atoms with van der Waals surface area (Å²) in [4.78, 5) is 14.2. The Kier molecular flexibility index (Phi) is 7.21. The molecule has 0 radical (unpaired) electrons. The van der Waals surface area contributed by atoms with Crippen LogP contribution in [0.1, 0.15) is 37.7 Å². The SMILES string of the molecule is O=C(NCC1(CF)CCOCC1)N1CCC(CCc2ccc(F)cc2F)CC1. The molecule has 0 unspecified atom stereocenters. The van der Waals surface area contributed by atoms with Gasteiger partial charge in [0.15, 0.2) is 0 Å². The highest BCUT2D eigenvalue weighted by molar-refractivity contribution is 5.74. The first-order valence-electron chi connectivity index (χ1n) is 10.1. The van der Waals surface area contributed by atoms with Crippen LogP contribution in [0.3, 0.4) is 0 Å². The number of alkyl halides is 1. The minimum Gasteiger partial charge on any atom is -0.381 e. The molecule has 0 aliphatic carbocycles. The number of aryl methyl sites for hydroxylation is 1. The van der Waals surface area contributed by atoms with Gasteiger partial charge in [-0.3, -0.25) is 4.39 Å². The number of benzene rings is 1. The maximum Gasteiger partial charge on any atom is 0.317 e. The third-order valence-corrected chi connectivity index (χ3v) is 6.19. The lowest BCUT2D eigenvalue weighted by atomic mass is 9.81. The summed E-state index contributed by atoms with van der Waals surface area (Å²) in [5.41, 5.74) is 0.0420. The van der Waals surface area contributed by atoms with E-state index in [1.165, 1.54) is 12.1 Å². The van der Waals surface area contributed by atoms with Crippen LogP contribution in [0.2, 0.25) is 0 Å². The van der Waals surface area contributed by atoms with Crippen molar-refractivity contribution in [1.29, 1.82) is 0 Å². The number of piperidine rings is 1. The summed E-state index contributed by atoms with van der Waals surface area (Å²) < 4.78 is 45.5. The van der Waals surface area contributed by atoms with Crippen molar-refractivity contribution in [3.63, 3.8) is 0 Å². The maximum absolute atomic E-state index is 13.7. The molecule has 0 aromatic heterocycles. The zero-order valence-electron chi connectivity index (χ0n) is 16.2. The summed E-state index contributed by atoms with van der Waals surface area (Å²) in [5.74, 6) is -0.635. The Balaban J connectivity index is 1.40. The van der Waals surface area contributed by atoms with Crippen molar-refractivity contribution < 1.29 is 22.7 Å². The van der Waals surface area contributed by atoms with Gasteiger partial charge in [-0.25, -0.2) is 13.6 Å². The Morgan fingerprint density at radius 2 is 1.93 bits per heavy atom. The molecule has 1 aromatic carbocycles. The van der Waals surface area contributed by atoms with Gasteiger partial charge >= 0.3 is 6.03 Å². The standard InChI is InChI=1S/C21H29F3N2O2/c22-14-21(7-11-28-12-8-21)15-25-20(27)26-9-5-16(6-10-26)1-2-17-3-4-18(23)13-19(17)24/h3-4,13,16H,1-2,5-12,14-15H2,(H,25,27). The summed E-state index contributed by atoms with van der Waals surface area (Å²) in [6, 6.07) is 3.57. The molecule has 2 saturated heterocycles. The summed E-state index contributed by atoms with van der Waals surface area (Å²) in [6.07, 6.45) is 4.38. The largest absolute Gasteiger partial charge is 0.381 e. The number of likely N-dealkylation sites (tertiary alicyclic amines) is 1. The van der Waals surface area contributed by atoms with Crippen LogP contribution in [0, 0.1) is 23.0 Å². The van der Waals surface area contributed by atoms with E-state index < -0.39 is 23.7 Å².